The van der Waals surface area contributed by atoms with Crippen LogP contribution in [0.15, 0.2) is 42.1 Å². The number of likely N-dealkylation sites (tertiary alicyclic amines) is 1. The first-order valence-electron chi connectivity index (χ1n) is 9.48. The molecule has 4 nitrogen and oxygen atoms in total. The summed E-state index contributed by atoms with van der Waals surface area (Å²) >= 11 is 0. The lowest BCUT2D eigenvalue weighted by Gasteiger charge is -2.42. The maximum atomic E-state index is 12.4. The molecule has 1 atom stereocenters. The number of amides is 2. The van der Waals surface area contributed by atoms with Crippen LogP contribution in [0.4, 0.5) is 0 Å². The first kappa shape index (κ1) is 16.4. The number of carbonyl (C=O) groups excluding carboxylic acids is 2. The molecular formula is C21H26N2O2. The van der Waals surface area contributed by atoms with Crippen LogP contribution < -0.4 is 5.32 Å². The van der Waals surface area contributed by atoms with E-state index in [-0.39, 0.29) is 17.2 Å². The Hall–Kier alpha value is -2.10. The van der Waals surface area contributed by atoms with E-state index in [2.05, 4.69) is 11.4 Å². The highest BCUT2D eigenvalue weighted by Crippen LogP contribution is 2.48. The zero-order valence-electron chi connectivity index (χ0n) is 14.7. The SMILES string of the molecule is O=C(Cc1ccccc1)NCC12CCC=C1N(CC1CC1)C(=O)CC2. The predicted molar refractivity (Wildman–Crippen MR) is 96.6 cm³/mol. The Morgan fingerprint density at radius 2 is 2.00 bits per heavy atom. The van der Waals surface area contributed by atoms with Gasteiger partial charge < -0.3 is 10.2 Å². The van der Waals surface area contributed by atoms with Gasteiger partial charge in [-0.15, -0.1) is 0 Å². The summed E-state index contributed by atoms with van der Waals surface area (Å²) in [5.41, 5.74) is 2.19. The summed E-state index contributed by atoms with van der Waals surface area (Å²) in [7, 11) is 0. The molecule has 0 radical (unpaired) electrons. The largest absolute Gasteiger partial charge is 0.355 e. The van der Waals surface area contributed by atoms with Crippen molar-refractivity contribution in [3.05, 3.63) is 47.7 Å². The second-order valence-corrected chi connectivity index (χ2v) is 7.80. The highest BCUT2D eigenvalue weighted by molar-refractivity contribution is 5.81. The van der Waals surface area contributed by atoms with E-state index in [1.54, 1.807) is 0 Å². The summed E-state index contributed by atoms with van der Waals surface area (Å²) < 4.78 is 0. The van der Waals surface area contributed by atoms with Crippen LogP contribution in [0, 0.1) is 11.3 Å². The molecule has 1 saturated heterocycles. The summed E-state index contributed by atoms with van der Waals surface area (Å²) in [5, 5.41) is 3.15. The van der Waals surface area contributed by atoms with Crippen LogP contribution in [0.3, 0.4) is 0 Å². The highest BCUT2D eigenvalue weighted by atomic mass is 16.2. The van der Waals surface area contributed by atoms with Crippen molar-refractivity contribution in [2.45, 2.75) is 44.9 Å². The molecule has 132 valence electrons. The van der Waals surface area contributed by atoms with Gasteiger partial charge in [0.1, 0.15) is 0 Å². The minimum absolute atomic E-state index is 0.0326. The average molecular weight is 338 g/mol. The fourth-order valence-electron chi connectivity index (χ4n) is 4.23. The van der Waals surface area contributed by atoms with Crippen molar-refractivity contribution in [1.29, 1.82) is 0 Å². The van der Waals surface area contributed by atoms with Crippen LogP contribution in [-0.4, -0.2) is 29.8 Å². The van der Waals surface area contributed by atoms with Crippen LogP contribution in [0.1, 0.15) is 44.1 Å². The highest BCUT2D eigenvalue weighted by Gasteiger charge is 2.46. The molecule has 1 heterocycles. The smallest absolute Gasteiger partial charge is 0.226 e. The van der Waals surface area contributed by atoms with Gasteiger partial charge in [0.2, 0.25) is 11.8 Å². The van der Waals surface area contributed by atoms with Crippen molar-refractivity contribution < 1.29 is 9.59 Å². The topological polar surface area (TPSA) is 49.4 Å². The van der Waals surface area contributed by atoms with Crippen LogP contribution >= 0.6 is 0 Å². The predicted octanol–water partition coefficient (Wildman–Crippen LogP) is 3.04. The molecule has 2 amide bonds. The molecule has 4 rings (SSSR count). The van der Waals surface area contributed by atoms with E-state index in [1.165, 1.54) is 18.5 Å². The average Bonchev–Trinajstić information content (AvgIpc) is 3.34. The molecule has 1 unspecified atom stereocenters. The Bertz CT molecular complexity index is 693. The second kappa shape index (κ2) is 6.66. The third-order valence-electron chi connectivity index (χ3n) is 5.88. The Morgan fingerprint density at radius 3 is 2.76 bits per heavy atom. The normalized spacial score (nSPS) is 25.5. The molecule has 2 aliphatic carbocycles. The standard InChI is InChI=1S/C21H26N2O2/c24-19(13-16-5-2-1-3-6-16)22-15-21-11-4-7-18(21)23(14-17-8-9-17)20(25)10-12-21/h1-3,5-7,17H,4,8-15H2,(H,22,24). The molecule has 0 spiro atoms. The molecule has 1 aromatic rings. The van der Waals surface area contributed by atoms with Gasteiger partial charge in [-0.3, -0.25) is 9.59 Å². The molecule has 25 heavy (non-hydrogen) atoms. The molecule has 0 bridgehead atoms. The summed E-state index contributed by atoms with van der Waals surface area (Å²) in [5.74, 6) is 1.03. The third-order valence-corrected chi connectivity index (χ3v) is 5.88. The summed E-state index contributed by atoms with van der Waals surface area (Å²) in [6.45, 7) is 1.53. The van der Waals surface area contributed by atoms with Gasteiger partial charge in [-0.1, -0.05) is 36.4 Å². The number of allylic oxidation sites excluding steroid dienone is 1. The molecule has 1 saturated carbocycles. The van der Waals surface area contributed by atoms with Crippen molar-refractivity contribution in [3.8, 4) is 0 Å². The van der Waals surface area contributed by atoms with Gasteiger partial charge in [0, 0.05) is 30.6 Å². The number of fused-ring (bicyclic) bond motifs is 1. The Morgan fingerprint density at radius 1 is 1.20 bits per heavy atom. The van der Waals surface area contributed by atoms with E-state index in [0.29, 0.717) is 25.3 Å². The lowest BCUT2D eigenvalue weighted by Crippen LogP contribution is -2.48. The molecular weight excluding hydrogens is 312 g/mol. The lowest BCUT2D eigenvalue weighted by molar-refractivity contribution is -0.133. The molecule has 0 aromatic heterocycles. The Balaban J connectivity index is 1.41. The van der Waals surface area contributed by atoms with Gasteiger partial charge in [-0.05, 0) is 43.6 Å². The Kier molecular flexibility index (Phi) is 4.36. The van der Waals surface area contributed by atoms with E-state index in [4.69, 9.17) is 0 Å². The number of benzene rings is 1. The fraction of sp³-hybridized carbons (Fsp3) is 0.524. The second-order valence-electron chi connectivity index (χ2n) is 7.80. The van der Waals surface area contributed by atoms with Gasteiger partial charge in [0.25, 0.3) is 0 Å². The zero-order valence-corrected chi connectivity index (χ0v) is 14.7. The number of nitrogens with zero attached hydrogens (tertiary/aromatic N) is 1. The lowest BCUT2D eigenvalue weighted by atomic mass is 9.76. The molecule has 3 aliphatic rings. The molecule has 1 aromatic carbocycles. The summed E-state index contributed by atoms with van der Waals surface area (Å²) in [6, 6.07) is 9.84. The van der Waals surface area contributed by atoms with Crippen LogP contribution in [0.2, 0.25) is 0 Å². The van der Waals surface area contributed by atoms with Gasteiger partial charge >= 0.3 is 0 Å². The van der Waals surface area contributed by atoms with Gasteiger partial charge in [0.15, 0.2) is 0 Å². The number of hydrogen-bond acceptors (Lipinski definition) is 2. The van der Waals surface area contributed by atoms with E-state index < -0.39 is 0 Å². The van der Waals surface area contributed by atoms with Gasteiger partial charge in [-0.25, -0.2) is 0 Å². The quantitative estimate of drug-likeness (QED) is 0.867. The first-order valence-corrected chi connectivity index (χ1v) is 9.48. The van der Waals surface area contributed by atoms with Crippen LogP contribution in [0.25, 0.3) is 0 Å². The van der Waals surface area contributed by atoms with Crippen molar-refractivity contribution in [2.24, 2.45) is 11.3 Å². The number of hydrogen-bond donors (Lipinski definition) is 1. The van der Waals surface area contributed by atoms with Gasteiger partial charge in [0.05, 0.1) is 6.42 Å². The monoisotopic (exact) mass is 338 g/mol. The molecule has 1 aliphatic heterocycles. The third kappa shape index (κ3) is 3.48. The summed E-state index contributed by atoms with van der Waals surface area (Å²) in [6.07, 6.45) is 8.68. The number of carbonyl (C=O) groups is 2. The molecule has 2 fully saturated rings. The van der Waals surface area contributed by atoms with Crippen molar-refractivity contribution >= 4 is 11.8 Å². The first-order chi connectivity index (χ1) is 12.2. The van der Waals surface area contributed by atoms with Gasteiger partial charge in [-0.2, -0.15) is 0 Å². The fourth-order valence-corrected chi connectivity index (χ4v) is 4.23. The van der Waals surface area contributed by atoms with Crippen molar-refractivity contribution in [1.82, 2.24) is 10.2 Å². The van der Waals surface area contributed by atoms with E-state index >= 15 is 0 Å². The van der Waals surface area contributed by atoms with E-state index in [1.807, 2.05) is 35.2 Å². The Labute approximate surface area is 149 Å². The summed E-state index contributed by atoms with van der Waals surface area (Å²) in [4.78, 5) is 26.8. The zero-order chi connectivity index (χ0) is 17.3. The van der Waals surface area contributed by atoms with E-state index in [9.17, 15) is 9.59 Å². The van der Waals surface area contributed by atoms with Crippen molar-refractivity contribution in [3.63, 3.8) is 0 Å². The van der Waals surface area contributed by atoms with Crippen LogP contribution in [0.5, 0.6) is 0 Å². The molecule has 4 heteroatoms. The number of nitrogens with one attached hydrogen (secondary N) is 1. The van der Waals surface area contributed by atoms with Crippen molar-refractivity contribution in [2.75, 3.05) is 13.1 Å². The number of piperidine rings is 1. The van der Waals surface area contributed by atoms with E-state index in [0.717, 1.165) is 31.4 Å². The molecule has 1 N–H and O–H groups in total. The maximum absolute atomic E-state index is 12.4. The number of rotatable bonds is 6. The maximum Gasteiger partial charge on any atom is 0.226 e. The minimum Gasteiger partial charge on any atom is -0.355 e. The minimum atomic E-state index is -0.0326. The van der Waals surface area contributed by atoms with Crippen LogP contribution in [-0.2, 0) is 16.0 Å².